The fourth-order valence-corrected chi connectivity index (χ4v) is 6.03. The van der Waals surface area contributed by atoms with Gasteiger partial charge in [0.25, 0.3) is 0 Å². The minimum absolute atomic E-state index is 0.0191. The van der Waals surface area contributed by atoms with Gasteiger partial charge in [-0.3, -0.25) is 13.9 Å². The summed E-state index contributed by atoms with van der Waals surface area (Å²) in [7, 11) is -3.72. The van der Waals surface area contributed by atoms with Crippen molar-refractivity contribution in [2.75, 3.05) is 17.1 Å². The maximum atomic E-state index is 14.0. The Kier molecular flexibility index (Phi) is 12.3. The largest absolute Gasteiger partial charge is 0.352 e. The number of hydrogen-bond acceptors (Lipinski definition) is 4. The molecule has 0 aliphatic rings. The van der Waals surface area contributed by atoms with Crippen LogP contribution in [-0.4, -0.2) is 50.0 Å². The molecule has 2 amide bonds. The summed E-state index contributed by atoms with van der Waals surface area (Å²) in [6, 6.07) is 21.2. The summed E-state index contributed by atoms with van der Waals surface area (Å²) in [5, 5.41) is 3.65. The summed E-state index contributed by atoms with van der Waals surface area (Å²) in [4.78, 5) is 29.3. The zero-order valence-electron chi connectivity index (χ0n) is 24.5. The van der Waals surface area contributed by atoms with E-state index < -0.39 is 16.1 Å². The lowest BCUT2D eigenvalue weighted by Gasteiger charge is -2.33. The summed E-state index contributed by atoms with van der Waals surface area (Å²) in [6.45, 7) is 6.17. The molecule has 0 unspecified atom stereocenters. The maximum Gasteiger partial charge on any atom is 0.243 e. The van der Waals surface area contributed by atoms with E-state index in [0.29, 0.717) is 11.4 Å². The normalized spacial score (nSPS) is 12.8. The van der Waals surface area contributed by atoms with Gasteiger partial charge in [0.2, 0.25) is 21.8 Å². The smallest absolute Gasteiger partial charge is 0.243 e. The van der Waals surface area contributed by atoms with Crippen LogP contribution in [0.3, 0.4) is 0 Å². The number of nitrogens with one attached hydrogen (secondary N) is 1. The summed E-state index contributed by atoms with van der Waals surface area (Å²) < 4.78 is 26.5. The van der Waals surface area contributed by atoms with Gasteiger partial charge in [-0.1, -0.05) is 84.7 Å². The van der Waals surface area contributed by atoms with Crippen molar-refractivity contribution in [1.29, 1.82) is 0 Å². The third-order valence-electron chi connectivity index (χ3n) is 7.20. The number of amides is 2. The van der Waals surface area contributed by atoms with Crippen LogP contribution in [0, 0.1) is 6.92 Å². The SMILES string of the molecule is CC[C@H](C)NC(=O)[C@H](Cc1ccccc1)N(Cc1ccccc1C)C(=O)CCCN(c1cc(Cl)ccc1Cl)S(C)(=O)=O. The van der Waals surface area contributed by atoms with E-state index in [4.69, 9.17) is 23.2 Å². The van der Waals surface area contributed by atoms with Crippen LogP contribution in [0.4, 0.5) is 5.69 Å². The van der Waals surface area contributed by atoms with E-state index >= 15 is 0 Å². The molecule has 2 atom stereocenters. The average molecular weight is 633 g/mol. The lowest BCUT2D eigenvalue weighted by molar-refractivity contribution is -0.141. The molecule has 10 heteroatoms. The second kappa shape index (κ2) is 15.4. The summed E-state index contributed by atoms with van der Waals surface area (Å²) in [6.07, 6.45) is 2.42. The molecule has 0 radical (unpaired) electrons. The molecule has 0 aromatic heterocycles. The number of carbonyl (C=O) groups excluding carboxylic acids is 2. The van der Waals surface area contributed by atoms with Gasteiger partial charge in [0, 0.05) is 37.0 Å². The third-order valence-corrected chi connectivity index (χ3v) is 8.94. The number of rotatable bonds is 14. The number of benzene rings is 3. The molecule has 3 aromatic rings. The highest BCUT2D eigenvalue weighted by atomic mass is 35.5. The van der Waals surface area contributed by atoms with Crippen molar-refractivity contribution in [1.82, 2.24) is 10.2 Å². The first-order valence-electron chi connectivity index (χ1n) is 14.0. The number of carbonyl (C=O) groups is 2. The van der Waals surface area contributed by atoms with Gasteiger partial charge in [-0.25, -0.2) is 8.42 Å². The second-order valence-corrected chi connectivity index (χ2v) is 13.3. The van der Waals surface area contributed by atoms with E-state index in [0.717, 1.165) is 33.7 Å². The molecule has 0 bridgehead atoms. The van der Waals surface area contributed by atoms with Crippen molar-refractivity contribution in [3.8, 4) is 0 Å². The van der Waals surface area contributed by atoms with Crippen LogP contribution in [0.15, 0.2) is 72.8 Å². The molecule has 1 N–H and O–H groups in total. The van der Waals surface area contributed by atoms with Crippen LogP contribution in [0.25, 0.3) is 0 Å². The summed E-state index contributed by atoms with van der Waals surface area (Å²) >= 11 is 12.4. The van der Waals surface area contributed by atoms with E-state index in [1.54, 1.807) is 11.0 Å². The number of anilines is 1. The van der Waals surface area contributed by atoms with Gasteiger partial charge in [-0.15, -0.1) is 0 Å². The quantitative estimate of drug-likeness (QED) is 0.223. The summed E-state index contributed by atoms with van der Waals surface area (Å²) in [5.74, 6) is -0.470. The van der Waals surface area contributed by atoms with Gasteiger partial charge in [0.15, 0.2) is 0 Å². The molecule has 42 heavy (non-hydrogen) atoms. The number of nitrogens with zero attached hydrogens (tertiary/aromatic N) is 2. The highest BCUT2D eigenvalue weighted by Gasteiger charge is 2.31. The minimum Gasteiger partial charge on any atom is -0.352 e. The first kappa shape index (κ1) is 33.4. The Morgan fingerprint density at radius 1 is 0.976 bits per heavy atom. The molecule has 0 aliphatic heterocycles. The predicted molar refractivity (Wildman–Crippen MR) is 171 cm³/mol. The van der Waals surface area contributed by atoms with Crippen molar-refractivity contribution >= 4 is 50.7 Å². The average Bonchev–Trinajstić information content (AvgIpc) is 2.95. The van der Waals surface area contributed by atoms with Crippen LogP contribution in [0.2, 0.25) is 10.0 Å². The molecule has 3 aromatic carbocycles. The standard InChI is InChI=1S/C32H39Cl2N3O4S/c1-5-24(3)35-32(39)30(20-25-13-7-6-8-14-25)36(22-26-15-10-9-12-23(26)2)31(38)16-11-19-37(42(4,40)41)29-21-27(33)17-18-28(29)34/h6-10,12-15,17-18,21,24,30H,5,11,16,19-20,22H2,1-4H3,(H,35,39)/t24-,30-/m0/s1. The van der Waals surface area contributed by atoms with E-state index in [1.807, 2.05) is 75.4 Å². The molecule has 0 spiro atoms. The highest BCUT2D eigenvalue weighted by molar-refractivity contribution is 7.92. The molecule has 7 nitrogen and oxygen atoms in total. The van der Waals surface area contributed by atoms with Gasteiger partial charge >= 0.3 is 0 Å². The van der Waals surface area contributed by atoms with E-state index in [9.17, 15) is 18.0 Å². The zero-order chi connectivity index (χ0) is 30.9. The van der Waals surface area contributed by atoms with Gasteiger partial charge < -0.3 is 10.2 Å². The van der Waals surface area contributed by atoms with Crippen molar-refractivity contribution in [2.24, 2.45) is 0 Å². The molecule has 0 aliphatic carbocycles. The van der Waals surface area contributed by atoms with Crippen molar-refractivity contribution in [3.05, 3.63) is 99.5 Å². The monoisotopic (exact) mass is 631 g/mol. The Labute approximate surface area is 259 Å². The predicted octanol–water partition coefficient (Wildman–Crippen LogP) is 6.40. The first-order valence-corrected chi connectivity index (χ1v) is 16.6. The van der Waals surface area contributed by atoms with Crippen molar-refractivity contribution in [3.63, 3.8) is 0 Å². The highest BCUT2D eigenvalue weighted by Crippen LogP contribution is 2.31. The lowest BCUT2D eigenvalue weighted by atomic mass is 10.0. The number of aryl methyl sites for hydroxylation is 1. The van der Waals surface area contributed by atoms with Crippen LogP contribution in [0.5, 0.6) is 0 Å². The van der Waals surface area contributed by atoms with Gasteiger partial charge in [-0.05, 0) is 61.6 Å². The number of hydrogen-bond donors (Lipinski definition) is 1. The van der Waals surface area contributed by atoms with Crippen LogP contribution < -0.4 is 9.62 Å². The zero-order valence-corrected chi connectivity index (χ0v) is 26.8. The molecule has 3 rings (SSSR count). The van der Waals surface area contributed by atoms with Gasteiger partial charge in [0.05, 0.1) is 17.0 Å². The molecule has 0 fully saturated rings. The maximum absolute atomic E-state index is 14.0. The van der Waals surface area contributed by atoms with Crippen LogP contribution in [-0.2, 0) is 32.6 Å². The van der Waals surface area contributed by atoms with Crippen LogP contribution in [0.1, 0.15) is 49.8 Å². The van der Waals surface area contributed by atoms with Crippen molar-refractivity contribution in [2.45, 2.75) is 65.1 Å². The second-order valence-electron chi connectivity index (χ2n) is 10.5. The van der Waals surface area contributed by atoms with E-state index in [-0.39, 0.29) is 54.5 Å². The first-order chi connectivity index (χ1) is 19.9. The number of halogens is 2. The molecule has 0 heterocycles. The van der Waals surface area contributed by atoms with Crippen molar-refractivity contribution < 1.29 is 18.0 Å². The lowest BCUT2D eigenvalue weighted by Crippen LogP contribution is -2.52. The molecule has 0 saturated carbocycles. The fraction of sp³-hybridized carbons (Fsp3) is 0.375. The van der Waals surface area contributed by atoms with Crippen LogP contribution >= 0.6 is 23.2 Å². The minimum atomic E-state index is -3.72. The Morgan fingerprint density at radius 2 is 1.64 bits per heavy atom. The Bertz CT molecular complexity index is 1470. The molecular weight excluding hydrogens is 593 g/mol. The number of sulfonamides is 1. The molecule has 226 valence electrons. The fourth-order valence-electron chi connectivity index (χ4n) is 4.63. The molecule has 0 saturated heterocycles. The Hall–Kier alpha value is -3.07. The van der Waals surface area contributed by atoms with E-state index in [2.05, 4.69) is 5.32 Å². The Morgan fingerprint density at radius 3 is 2.29 bits per heavy atom. The third kappa shape index (κ3) is 9.48. The Balaban J connectivity index is 1.92. The topological polar surface area (TPSA) is 86.8 Å². The summed E-state index contributed by atoms with van der Waals surface area (Å²) in [5.41, 5.74) is 3.13. The van der Waals surface area contributed by atoms with E-state index in [1.165, 1.54) is 12.1 Å². The molecular formula is C32H39Cl2N3O4S. The van der Waals surface area contributed by atoms with Gasteiger partial charge in [-0.2, -0.15) is 0 Å². The van der Waals surface area contributed by atoms with Gasteiger partial charge in [0.1, 0.15) is 6.04 Å².